The van der Waals surface area contributed by atoms with Crippen LogP contribution in [0.4, 0.5) is 0 Å². The first-order valence-electron chi connectivity index (χ1n) is 6.97. The minimum Gasteiger partial charge on any atom is -0.333 e. The highest BCUT2D eigenvalue weighted by Gasteiger charge is 2.14. The molecule has 96 valence electrons. The largest absolute Gasteiger partial charge is 0.333 e. The van der Waals surface area contributed by atoms with Crippen molar-refractivity contribution in [3.63, 3.8) is 0 Å². The number of rotatable bonds is 3. The van der Waals surface area contributed by atoms with E-state index in [4.69, 9.17) is 0 Å². The lowest BCUT2D eigenvalue weighted by Gasteiger charge is -2.16. The van der Waals surface area contributed by atoms with Gasteiger partial charge in [-0.25, -0.2) is 0 Å². The summed E-state index contributed by atoms with van der Waals surface area (Å²) in [5, 5.41) is 2.70. The molecule has 0 aliphatic rings. The Hall–Kier alpha value is -2.02. The second-order valence-electron chi connectivity index (χ2n) is 4.91. The van der Waals surface area contributed by atoms with Gasteiger partial charge in [0.15, 0.2) is 0 Å². The zero-order chi connectivity index (χ0) is 13.2. The Balaban J connectivity index is 2.42. The van der Waals surface area contributed by atoms with Crippen LogP contribution in [0.15, 0.2) is 60.7 Å². The number of hydrogen-bond donors (Lipinski definition) is 0. The highest BCUT2D eigenvalue weighted by molar-refractivity contribution is 6.08. The lowest BCUT2D eigenvalue weighted by molar-refractivity contribution is 0.621. The fraction of sp³-hybridized carbons (Fsp3) is 0.222. The van der Waals surface area contributed by atoms with Gasteiger partial charge in [0.1, 0.15) is 0 Å². The van der Waals surface area contributed by atoms with Gasteiger partial charge in [0.2, 0.25) is 0 Å². The molecule has 0 saturated carbocycles. The van der Waals surface area contributed by atoms with Crippen LogP contribution in [0.1, 0.15) is 26.3 Å². The van der Waals surface area contributed by atoms with E-state index in [2.05, 4.69) is 79.1 Å². The van der Waals surface area contributed by atoms with Crippen molar-refractivity contribution < 1.29 is 0 Å². The number of aromatic nitrogens is 1. The van der Waals surface area contributed by atoms with Crippen LogP contribution in [0.25, 0.3) is 21.8 Å². The maximum absolute atomic E-state index is 2.46. The third-order valence-corrected chi connectivity index (χ3v) is 3.78. The van der Waals surface area contributed by atoms with Gasteiger partial charge in [-0.15, -0.1) is 0 Å². The van der Waals surface area contributed by atoms with E-state index >= 15 is 0 Å². The third-order valence-electron chi connectivity index (χ3n) is 3.78. The fourth-order valence-corrected chi connectivity index (χ4v) is 2.94. The van der Waals surface area contributed by atoms with E-state index < -0.39 is 0 Å². The van der Waals surface area contributed by atoms with Crippen molar-refractivity contribution in [2.75, 3.05) is 0 Å². The van der Waals surface area contributed by atoms with Crippen LogP contribution in [0.2, 0.25) is 0 Å². The van der Waals surface area contributed by atoms with Crippen molar-refractivity contribution in [2.45, 2.75) is 26.3 Å². The molecule has 0 saturated heterocycles. The predicted octanol–water partition coefficient (Wildman–Crippen LogP) is 5.32. The molecule has 0 radical (unpaired) electrons. The molecular weight excluding hydrogens is 230 g/mol. The minimum atomic E-state index is 0.426. The molecule has 1 heteroatoms. The van der Waals surface area contributed by atoms with E-state index in [0.717, 1.165) is 6.42 Å². The summed E-state index contributed by atoms with van der Waals surface area (Å²) in [6, 6.07) is 17.8. The average molecular weight is 249 g/mol. The Bertz CT molecular complexity index is 680. The molecule has 3 rings (SSSR count). The van der Waals surface area contributed by atoms with Gasteiger partial charge >= 0.3 is 0 Å². The summed E-state index contributed by atoms with van der Waals surface area (Å²) in [7, 11) is 0. The zero-order valence-corrected chi connectivity index (χ0v) is 11.5. The van der Waals surface area contributed by atoms with Gasteiger partial charge < -0.3 is 4.57 Å². The lowest BCUT2D eigenvalue weighted by atomic mass is 10.2. The fourth-order valence-electron chi connectivity index (χ4n) is 2.94. The molecule has 0 aliphatic heterocycles. The van der Waals surface area contributed by atoms with Gasteiger partial charge in [0, 0.05) is 21.8 Å². The molecule has 1 unspecified atom stereocenters. The van der Waals surface area contributed by atoms with E-state index in [-0.39, 0.29) is 0 Å². The van der Waals surface area contributed by atoms with Gasteiger partial charge in [0.25, 0.3) is 0 Å². The lowest BCUT2D eigenvalue weighted by Crippen LogP contribution is -2.04. The number of hydrogen-bond acceptors (Lipinski definition) is 0. The molecule has 0 N–H and O–H groups in total. The molecule has 1 nitrogen and oxygen atoms in total. The first-order valence-corrected chi connectivity index (χ1v) is 6.97. The Morgan fingerprint density at radius 1 is 0.947 bits per heavy atom. The van der Waals surface area contributed by atoms with Gasteiger partial charge in [-0.05, 0) is 25.5 Å². The summed E-state index contributed by atoms with van der Waals surface area (Å²) in [6.07, 6.45) is 5.55. The summed E-state index contributed by atoms with van der Waals surface area (Å²) >= 11 is 0. The molecule has 2 aromatic carbocycles. The van der Waals surface area contributed by atoms with Crippen LogP contribution in [0.5, 0.6) is 0 Å². The Kier molecular flexibility index (Phi) is 3.12. The van der Waals surface area contributed by atoms with Crippen LogP contribution < -0.4 is 0 Å². The van der Waals surface area contributed by atoms with Gasteiger partial charge in [-0.2, -0.15) is 0 Å². The first-order chi connectivity index (χ1) is 9.36. The van der Waals surface area contributed by atoms with Crippen LogP contribution in [-0.2, 0) is 0 Å². The summed E-state index contributed by atoms with van der Waals surface area (Å²) in [5.74, 6) is 0. The molecule has 1 atom stereocenters. The van der Waals surface area contributed by atoms with Crippen molar-refractivity contribution in [2.24, 2.45) is 0 Å². The minimum absolute atomic E-state index is 0.426. The number of allylic oxidation sites excluding steroid dienone is 2. The van der Waals surface area contributed by atoms with Crippen molar-refractivity contribution in [1.29, 1.82) is 0 Å². The molecule has 1 aromatic heterocycles. The number of para-hydroxylation sites is 2. The molecule has 0 bridgehead atoms. The first kappa shape index (κ1) is 12.0. The smallest absolute Gasteiger partial charge is 0.0519 e. The molecule has 3 aromatic rings. The van der Waals surface area contributed by atoms with Crippen LogP contribution >= 0.6 is 0 Å². The van der Waals surface area contributed by atoms with Crippen LogP contribution in [0.3, 0.4) is 0 Å². The topological polar surface area (TPSA) is 4.93 Å². The number of benzene rings is 2. The highest BCUT2D eigenvalue weighted by Crippen LogP contribution is 2.32. The van der Waals surface area contributed by atoms with Crippen molar-refractivity contribution >= 4 is 21.8 Å². The Morgan fingerprint density at radius 2 is 1.47 bits per heavy atom. The van der Waals surface area contributed by atoms with Crippen LogP contribution in [-0.4, -0.2) is 4.57 Å². The Labute approximate surface area is 114 Å². The van der Waals surface area contributed by atoms with E-state index in [1.54, 1.807) is 0 Å². The van der Waals surface area contributed by atoms with E-state index in [1.165, 1.54) is 21.8 Å². The van der Waals surface area contributed by atoms with Crippen molar-refractivity contribution in [3.05, 3.63) is 60.7 Å². The zero-order valence-electron chi connectivity index (χ0n) is 11.5. The molecule has 0 amide bonds. The molecule has 19 heavy (non-hydrogen) atoms. The maximum Gasteiger partial charge on any atom is 0.0519 e. The van der Waals surface area contributed by atoms with Crippen molar-refractivity contribution in [1.82, 2.24) is 4.57 Å². The quantitative estimate of drug-likeness (QED) is 0.553. The Morgan fingerprint density at radius 3 is 1.95 bits per heavy atom. The third kappa shape index (κ3) is 1.86. The van der Waals surface area contributed by atoms with Gasteiger partial charge in [0.05, 0.1) is 6.04 Å². The number of nitrogens with zero attached hydrogens (tertiary/aromatic N) is 1. The average Bonchev–Trinajstić information content (AvgIpc) is 2.80. The molecule has 0 aliphatic carbocycles. The molecule has 0 spiro atoms. The summed E-state index contributed by atoms with van der Waals surface area (Å²) in [4.78, 5) is 0. The monoisotopic (exact) mass is 249 g/mol. The van der Waals surface area contributed by atoms with Gasteiger partial charge in [-0.1, -0.05) is 55.5 Å². The van der Waals surface area contributed by atoms with E-state index in [9.17, 15) is 0 Å². The SMILES string of the molecule is C/C=C\C(CC)n1c2ccccc2c2ccccc21. The molecule has 1 heterocycles. The molecule has 0 fully saturated rings. The van der Waals surface area contributed by atoms with Gasteiger partial charge in [-0.3, -0.25) is 0 Å². The van der Waals surface area contributed by atoms with E-state index in [0.29, 0.717) is 6.04 Å². The highest BCUT2D eigenvalue weighted by atomic mass is 15.0. The molecular formula is C18H19N. The van der Waals surface area contributed by atoms with E-state index in [1.807, 2.05) is 0 Å². The predicted molar refractivity (Wildman–Crippen MR) is 83.6 cm³/mol. The summed E-state index contributed by atoms with van der Waals surface area (Å²) < 4.78 is 2.46. The van der Waals surface area contributed by atoms with Crippen LogP contribution in [0, 0.1) is 0 Å². The summed E-state index contributed by atoms with van der Waals surface area (Å²) in [5.41, 5.74) is 2.65. The normalized spacial score (nSPS) is 13.6. The standard InChI is InChI=1S/C18H19N/c1-3-9-14(4-2)19-17-12-7-5-10-15(17)16-11-6-8-13-18(16)19/h3,5-14H,4H2,1-2H3/b9-3-. The number of fused-ring (bicyclic) bond motifs is 3. The summed E-state index contributed by atoms with van der Waals surface area (Å²) in [6.45, 7) is 4.34. The second-order valence-corrected chi connectivity index (χ2v) is 4.91. The maximum atomic E-state index is 2.46. The second kappa shape index (κ2) is 4.93. The van der Waals surface area contributed by atoms with Crippen molar-refractivity contribution in [3.8, 4) is 0 Å².